The molecule has 2 aromatic rings. The van der Waals surface area contributed by atoms with Gasteiger partial charge in [0.05, 0.1) is 10.7 Å². The normalized spacial score (nSPS) is 9.83. The summed E-state index contributed by atoms with van der Waals surface area (Å²) in [6.07, 6.45) is 0. The first-order chi connectivity index (χ1) is 8.65. The van der Waals surface area contributed by atoms with E-state index in [1.807, 2.05) is 0 Å². The number of nitrogens with one attached hydrogen (secondary N) is 2. The number of carbonyl (C=O) groups excluding carboxylic acids is 1. The monoisotopic (exact) mass is 261 g/mol. The van der Waals surface area contributed by atoms with Crippen LogP contribution >= 0.6 is 11.6 Å². The van der Waals surface area contributed by atoms with Crippen LogP contribution in [0.4, 0.5) is 21.9 Å². The smallest absolute Gasteiger partial charge is 0.323 e. The number of carbonyl (C=O) groups is 1. The number of nitrogens with two attached hydrogens (primary N) is 1. The number of hydrogen-bond acceptors (Lipinski definition) is 2. The molecule has 2 aromatic carbocycles. The summed E-state index contributed by atoms with van der Waals surface area (Å²) in [5, 5.41) is 5.83. The molecule has 0 atom stereocenters. The van der Waals surface area contributed by atoms with E-state index in [0.717, 1.165) is 0 Å². The lowest BCUT2D eigenvalue weighted by Crippen LogP contribution is -2.19. The van der Waals surface area contributed by atoms with Crippen LogP contribution in [0.3, 0.4) is 0 Å². The molecule has 18 heavy (non-hydrogen) atoms. The minimum Gasteiger partial charge on any atom is -0.399 e. The quantitative estimate of drug-likeness (QED) is 0.724. The van der Waals surface area contributed by atoms with Gasteiger partial charge in [-0.2, -0.15) is 0 Å². The third kappa shape index (κ3) is 3.15. The third-order valence-corrected chi connectivity index (χ3v) is 2.62. The molecule has 0 spiro atoms. The van der Waals surface area contributed by atoms with Crippen molar-refractivity contribution in [3.63, 3.8) is 0 Å². The van der Waals surface area contributed by atoms with E-state index in [-0.39, 0.29) is 6.03 Å². The average molecular weight is 262 g/mol. The lowest BCUT2D eigenvalue weighted by Gasteiger charge is -2.08. The average Bonchev–Trinajstić information content (AvgIpc) is 2.35. The maximum Gasteiger partial charge on any atom is 0.323 e. The van der Waals surface area contributed by atoms with Gasteiger partial charge in [-0.25, -0.2) is 4.79 Å². The fourth-order valence-corrected chi connectivity index (χ4v) is 1.60. The molecule has 5 heteroatoms. The van der Waals surface area contributed by atoms with Gasteiger partial charge in [-0.3, -0.25) is 0 Å². The number of halogens is 1. The molecule has 2 rings (SSSR count). The van der Waals surface area contributed by atoms with Crippen molar-refractivity contribution in [2.75, 3.05) is 16.4 Å². The molecule has 0 aliphatic carbocycles. The summed E-state index contributed by atoms with van der Waals surface area (Å²) in [6.45, 7) is 0. The summed E-state index contributed by atoms with van der Waals surface area (Å²) in [7, 11) is 0. The number of benzene rings is 2. The Kier molecular flexibility index (Phi) is 3.69. The molecule has 0 radical (unpaired) electrons. The van der Waals surface area contributed by atoms with Gasteiger partial charge < -0.3 is 16.4 Å². The Balaban J connectivity index is 2.01. The van der Waals surface area contributed by atoms with Gasteiger partial charge in [-0.1, -0.05) is 23.7 Å². The summed E-state index contributed by atoms with van der Waals surface area (Å²) < 4.78 is 0. The second-order valence-electron chi connectivity index (χ2n) is 3.68. The van der Waals surface area contributed by atoms with Crippen molar-refractivity contribution in [1.29, 1.82) is 0 Å². The fraction of sp³-hybridized carbons (Fsp3) is 0. The number of urea groups is 1. The van der Waals surface area contributed by atoms with Crippen molar-refractivity contribution >= 4 is 34.7 Å². The van der Waals surface area contributed by atoms with E-state index < -0.39 is 0 Å². The van der Waals surface area contributed by atoms with Crippen molar-refractivity contribution in [1.82, 2.24) is 0 Å². The standard InChI is InChI=1S/C13H12ClN3O/c14-11-3-1-2-4-12(11)17-13(18)16-10-7-5-9(15)6-8-10/h1-8H,15H2,(H2,16,17,18). The second kappa shape index (κ2) is 5.42. The van der Waals surface area contributed by atoms with Crippen molar-refractivity contribution in [2.45, 2.75) is 0 Å². The van der Waals surface area contributed by atoms with Gasteiger partial charge in [-0.15, -0.1) is 0 Å². The number of nitrogen functional groups attached to an aromatic ring is 1. The van der Waals surface area contributed by atoms with Crippen LogP contribution in [-0.4, -0.2) is 6.03 Å². The molecular weight excluding hydrogens is 250 g/mol. The van der Waals surface area contributed by atoms with Crippen LogP contribution in [0.2, 0.25) is 5.02 Å². The lowest BCUT2D eigenvalue weighted by molar-refractivity contribution is 0.262. The van der Waals surface area contributed by atoms with E-state index in [2.05, 4.69) is 10.6 Å². The van der Waals surface area contributed by atoms with E-state index in [1.54, 1.807) is 48.5 Å². The minimum absolute atomic E-state index is 0.354. The van der Waals surface area contributed by atoms with Crippen molar-refractivity contribution in [3.8, 4) is 0 Å². The molecule has 0 saturated carbocycles. The van der Waals surface area contributed by atoms with Crippen LogP contribution in [0.15, 0.2) is 48.5 Å². The van der Waals surface area contributed by atoms with E-state index >= 15 is 0 Å². The highest BCUT2D eigenvalue weighted by Gasteiger charge is 2.04. The molecular formula is C13H12ClN3O. The summed E-state index contributed by atoms with van der Waals surface area (Å²) in [6, 6.07) is 13.5. The Morgan fingerprint density at radius 1 is 1.00 bits per heavy atom. The van der Waals surface area contributed by atoms with Gasteiger partial charge in [-0.05, 0) is 36.4 Å². The molecule has 0 heterocycles. The predicted molar refractivity (Wildman–Crippen MR) is 74.9 cm³/mol. The molecule has 2 amide bonds. The van der Waals surface area contributed by atoms with Gasteiger partial charge >= 0.3 is 6.03 Å². The Bertz CT molecular complexity index is 554. The van der Waals surface area contributed by atoms with E-state index in [4.69, 9.17) is 17.3 Å². The molecule has 0 bridgehead atoms. The number of hydrogen-bond donors (Lipinski definition) is 3. The van der Waals surface area contributed by atoms with E-state index in [1.165, 1.54) is 0 Å². The van der Waals surface area contributed by atoms with Crippen LogP contribution in [-0.2, 0) is 0 Å². The zero-order chi connectivity index (χ0) is 13.0. The Hall–Kier alpha value is -2.20. The van der Waals surface area contributed by atoms with Crippen molar-refractivity contribution in [3.05, 3.63) is 53.6 Å². The first-order valence-corrected chi connectivity index (χ1v) is 5.71. The Labute approximate surface area is 110 Å². The molecule has 0 aliphatic heterocycles. The second-order valence-corrected chi connectivity index (χ2v) is 4.09. The summed E-state index contributed by atoms with van der Waals surface area (Å²) in [5.74, 6) is 0. The van der Waals surface area contributed by atoms with Gasteiger partial charge in [0.25, 0.3) is 0 Å². The Morgan fingerprint density at radius 3 is 2.33 bits per heavy atom. The van der Waals surface area contributed by atoms with Gasteiger partial charge in [0.2, 0.25) is 0 Å². The molecule has 0 unspecified atom stereocenters. The third-order valence-electron chi connectivity index (χ3n) is 2.29. The minimum atomic E-state index is -0.354. The van der Waals surface area contributed by atoms with E-state index in [0.29, 0.717) is 22.1 Å². The van der Waals surface area contributed by atoms with Gasteiger partial charge in [0, 0.05) is 11.4 Å². The maximum absolute atomic E-state index is 11.7. The van der Waals surface area contributed by atoms with Gasteiger partial charge in [0.15, 0.2) is 0 Å². The van der Waals surface area contributed by atoms with Crippen LogP contribution in [0.5, 0.6) is 0 Å². The maximum atomic E-state index is 11.7. The zero-order valence-corrected chi connectivity index (χ0v) is 10.2. The number of para-hydroxylation sites is 1. The highest BCUT2D eigenvalue weighted by molar-refractivity contribution is 6.33. The zero-order valence-electron chi connectivity index (χ0n) is 9.48. The molecule has 0 saturated heterocycles. The lowest BCUT2D eigenvalue weighted by atomic mass is 10.3. The van der Waals surface area contributed by atoms with Crippen molar-refractivity contribution in [2.24, 2.45) is 0 Å². The van der Waals surface area contributed by atoms with Crippen LogP contribution in [0.1, 0.15) is 0 Å². The van der Waals surface area contributed by atoms with Crippen LogP contribution in [0.25, 0.3) is 0 Å². The first kappa shape index (κ1) is 12.3. The summed E-state index contributed by atoms with van der Waals surface area (Å²) in [4.78, 5) is 11.7. The van der Waals surface area contributed by atoms with Crippen molar-refractivity contribution < 1.29 is 4.79 Å². The SMILES string of the molecule is Nc1ccc(NC(=O)Nc2ccccc2Cl)cc1. The highest BCUT2D eigenvalue weighted by atomic mass is 35.5. The Morgan fingerprint density at radius 2 is 1.67 bits per heavy atom. The van der Waals surface area contributed by atoms with E-state index in [9.17, 15) is 4.79 Å². The number of rotatable bonds is 2. The molecule has 4 N–H and O–H groups in total. The number of anilines is 3. The van der Waals surface area contributed by atoms with Crippen LogP contribution in [0, 0.1) is 0 Å². The summed E-state index contributed by atoms with van der Waals surface area (Å²) in [5.41, 5.74) is 7.42. The molecule has 0 aromatic heterocycles. The number of amides is 2. The topological polar surface area (TPSA) is 67.1 Å². The first-order valence-electron chi connectivity index (χ1n) is 5.33. The van der Waals surface area contributed by atoms with Gasteiger partial charge in [0.1, 0.15) is 0 Å². The largest absolute Gasteiger partial charge is 0.399 e. The molecule has 4 nitrogen and oxygen atoms in total. The fourth-order valence-electron chi connectivity index (χ4n) is 1.41. The molecule has 0 aliphatic rings. The molecule has 0 fully saturated rings. The highest BCUT2D eigenvalue weighted by Crippen LogP contribution is 2.20. The predicted octanol–water partition coefficient (Wildman–Crippen LogP) is 3.57. The van der Waals surface area contributed by atoms with Crippen LogP contribution < -0.4 is 16.4 Å². The molecule has 92 valence electrons. The summed E-state index contributed by atoms with van der Waals surface area (Å²) >= 11 is 5.93.